The van der Waals surface area contributed by atoms with Gasteiger partial charge in [-0.2, -0.15) is 4.98 Å². The molecule has 6 nitrogen and oxygen atoms in total. The first-order chi connectivity index (χ1) is 9.57. The predicted molar refractivity (Wildman–Crippen MR) is 78.7 cm³/mol. The van der Waals surface area contributed by atoms with Gasteiger partial charge in [0.15, 0.2) is 0 Å². The van der Waals surface area contributed by atoms with Crippen LogP contribution in [-0.2, 0) is 10.2 Å². The van der Waals surface area contributed by atoms with E-state index in [2.05, 4.69) is 27.9 Å². The predicted octanol–water partition coefficient (Wildman–Crippen LogP) is 0.664. The molecule has 4 N–H and O–H groups in total. The average molecular weight is 277 g/mol. The molecule has 6 heteroatoms. The third-order valence-corrected chi connectivity index (χ3v) is 4.49. The topological polar surface area (TPSA) is 90.3 Å². The van der Waals surface area contributed by atoms with Gasteiger partial charge in [0.2, 0.25) is 5.95 Å². The molecule has 0 amide bonds. The number of nitrogen functional groups attached to an aromatic ring is 1. The summed E-state index contributed by atoms with van der Waals surface area (Å²) in [5, 5.41) is 0. The Morgan fingerprint density at radius 1 is 1.35 bits per heavy atom. The van der Waals surface area contributed by atoms with Gasteiger partial charge in [-0.1, -0.05) is 6.92 Å². The molecule has 1 aromatic rings. The van der Waals surface area contributed by atoms with Crippen molar-refractivity contribution in [3.63, 3.8) is 0 Å². The number of nitrogens with two attached hydrogens (primary N) is 2. The zero-order valence-electron chi connectivity index (χ0n) is 12.0. The number of aromatic nitrogens is 2. The van der Waals surface area contributed by atoms with Gasteiger partial charge in [0, 0.05) is 43.8 Å². The van der Waals surface area contributed by atoms with E-state index in [0.717, 1.165) is 57.1 Å². The fourth-order valence-corrected chi connectivity index (χ4v) is 3.00. The lowest BCUT2D eigenvalue weighted by atomic mass is 9.79. The van der Waals surface area contributed by atoms with Crippen LogP contribution in [0.3, 0.4) is 0 Å². The van der Waals surface area contributed by atoms with Crippen molar-refractivity contribution < 1.29 is 4.74 Å². The molecule has 20 heavy (non-hydrogen) atoms. The molecule has 2 aliphatic rings. The minimum Gasteiger partial charge on any atom is -0.381 e. The standard InChI is InChI=1S/C14H23N5O/c1-14(3-6-20-7-4-14)11-8-12(18-13(16)17-11)19-5-2-10(15)9-19/h8,10H,2-7,9,15H2,1H3,(H2,16,17,18)/t10-/m1/s1. The summed E-state index contributed by atoms with van der Waals surface area (Å²) < 4.78 is 5.46. The molecular formula is C14H23N5O. The Bertz CT molecular complexity index is 486. The molecule has 0 bridgehead atoms. The van der Waals surface area contributed by atoms with Crippen molar-refractivity contribution in [3.8, 4) is 0 Å². The molecule has 0 spiro atoms. The first-order valence-electron chi connectivity index (χ1n) is 7.30. The van der Waals surface area contributed by atoms with Crippen LogP contribution in [0, 0.1) is 0 Å². The lowest BCUT2D eigenvalue weighted by molar-refractivity contribution is 0.0551. The quantitative estimate of drug-likeness (QED) is 0.825. The van der Waals surface area contributed by atoms with Gasteiger partial charge in [-0.25, -0.2) is 4.98 Å². The van der Waals surface area contributed by atoms with E-state index in [1.165, 1.54) is 0 Å². The second-order valence-electron chi connectivity index (χ2n) is 6.14. The normalized spacial score (nSPS) is 25.9. The zero-order chi connectivity index (χ0) is 14.2. The highest BCUT2D eigenvalue weighted by Crippen LogP contribution is 2.35. The molecule has 1 atom stereocenters. The summed E-state index contributed by atoms with van der Waals surface area (Å²) in [6, 6.07) is 2.31. The first-order valence-corrected chi connectivity index (χ1v) is 7.30. The summed E-state index contributed by atoms with van der Waals surface area (Å²) in [4.78, 5) is 11.1. The van der Waals surface area contributed by atoms with Crippen LogP contribution in [0.15, 0.2) is 6.07 Å². The van der Waals surface area contributed by atoms with Crippen LogP contribution in [0.5, 0.6) is 0 Å². The minimum absolute atomic E-state index is 0.0336. The summed E-state index contributed by atoms with van der Waals surface area (Å²) in [5.74, 6) is 1.26. The molecule has 1 aromatic heterocycles. The molecule has 0 radical (unpaired) electrons. The Morgan fingerprint density at radius 2 is 2.10 bits per heavy atom. The Balaban J connectivity index is 1.90. The highest BCUT2D eigenvalue weighted by molar-refractivity contribution is 5.46. The second kappa shape index (κ2) is 5.18. The van der Waals surface area contributed by atoms with E-state index >= 15 is 0 Å². The van der Waals surface area contributed by atoms with Gasteiger partial charge in [0.25, 0.3) is 0 Å². The molecule has 0 aromatic carbocycles. The maximum Gasteiger partial charge on any atom is 0.222 e. The van der Waals surface area contributed by atoms with Crippen molar-refractivity contribution in [2.45, 2.75) is 37.6 Å². The van der Waals surface area contributed by atoms with Gasteiger partial charge in [-0.05, 0) is 19.3 Å². The third kappa shape index (κ3) is 2.58. The van der Waals surface area contributed by atoms with E-state index in [1.54, 1.807) is 0 Å². The largest absolute Gasteiger partial charge is 0.381 e. The van der Waals surface area contributed by atoms with Crippen molar-refractivity contribution in [3.05, 3.63) is 11.8 Å². The first kappa shape index (κ1) is 13.6. The number of hydrogen-bond acceptors (Lipinski definition) is 6. The number of hydrogen-bond donors (Lipinski definition) is 2. The third-order valence-electron chi connectivity index (χ3n) is 4.49. The van der Waals surface area contributed by atoms with E-state index < -0.39 is 0 Å². The summed E-state index contributed by atoms with van der Waals surface area (Å²) in [6.45, 7) is 5.58. The second-order valence-corrected chi connectivity index (χ2v) is 6.14. The SMILES string of the molecule is CC1(c2cc(N3CC[C@@H](N)C3)nc(N)n2)CCOCC1. The maximum absolute atomic E-state index is 5.97. The summed E-state index contributed by atoms with van der Waals surface area (Å²) >= 11 is 0. The Hall–Kier alpha value is -1.40. The van der Waals surface area contributed by atoms with E-state index in [1.807, 2.05) is 0 Å². The molecule has 0 saturated carbocycles. The van der Waals surface area contributed by atoms with E-state index in [0.29, 0.717) is 5.95 Å². The van der Waals surface area contributed by atoms with Gasteiger partial charge < -0.3 is 21.1 Å². The number of rotatable bonds is 2. The van der Waals surface area contributed by atoms with Crippen LogP contribution in [0.25, 0.3) is 0 Å². The lowest BCUT2D eigenvalue weighted by Crippen LogP contribution is -2.33. The fraction of sp³-hybridized carbons (Fsp3) is 0.714. The summed E-state index contributed by atoms with van der Waals surface area (Å²) in [5.41, 5.74) is 13.0. The van der Waals surface area contributed by atoms with Crippen LogP contribution >= 0.6 is 0 Å². The molecule has 3 rings (SSSR count). The fourth-order valence-electron chi connectivity index (χ4n) is 3.00. The zero-order valence-corrected chi connectivity index (χ0v) is 12.0. The smallest absolute Gasteiger partial charge is 0.222 e. The summed E-state index contributed by atoms with van der Waals surface area (Å²) in [7, 11) is 0. The van der Waals surface area contributed by atoms with Gasteiger partial charge in [0.1, 0.15) is 5.82 Å². The van der Waals surface area contributed by atoms with Crippen molar-refractivity contribution >= 4 is 11.8 Å². The van der Waals surface area contributed by atoms with Crippen LogP contribution < -0.4 is 16.4 Å². The van der Waals surface area contributed by atoms with Crippen LogP contribution in [0.4, 0.5) is 11.8 Å². The Kier molecular flexibility index (Phi) is 3.52. The molecule has 2 aliphatic heterocycles. The van der Waals surface area contributed by atoms with Gasteiger partial charge in [-0.15, -0.1) is 0 Å². The molecule has 0 unspecified atom stereocenters. The van der Waals surface area contributed by atoms with Gasteiger partial charge in [-0.3, -0.25) is 0 Å². The molecular weight excluding hydrogens is 254 g/mol. The lowest BCUT2D eigenvalue weighted by Gasteiger charge is -2.33. The van der Waals surface area contributed by atoms with Crippen LogP contribution in [-0.4, -0.2) is 42.3 Å². The molecule has 3 heterocycles. The van der Waals surface area contributed by atoms with E-state index in [-0.39, 0.29) is 11.5 Å². The van der Waals surface area contributed by atoms with E-state index in [4.69, 9.17) is 16.2 Å². The molecule has 110 valence electrons. The molecule has 2 saturated heterocycles. The number of anilines is 2. The van der Waals surface area contributed by atoms with E-state index in [9.17, 15) is 0 Å². The Labute approximate surface area is 119 Å². The molecule has 0 aliphatic carbocycles. The van der Waals surface area contributed by atoms with Crippen molar-refractivity contribution in [2.24, 2.45) is 5.73 Å². The minimum atomic E-state index is 0.0336. The highest BCUT2D eigenvalue weighted by atomic mass is 16.5. The molecule has 2 fully saturated rings. The van der Waals surface area contributed by atoms with Crippen molar-refractivity contribution in [2.75, 3.05) is 36.9 Å². The monoisotopic (exact) mass is 277 g/mol. The number of nitrogens with zero attached hydrogens (tertiary/aromatic N) is 3. The summed E-state index contributed by atoms with van der Waals surface area (Å²) in [6.07, 6.45) is 2.95. The van der Waals surface area contributed by atoms with Crippen LogP contribution in [0.1, 0.15) is 31.9 Å². The number of ether oxygens (including phenoxy) is 1. The van der Waals surface area contributed by atoms with Crippen molar-refractivity contribution in [1.82, 2.24) is 9.97 Å². The van der Waals surface area contributed by atoms with Crippen LogP contribution in [0.2, 0.25) is 0 Å². The Morgan fingerprint density at radius 3 is 2.75 bits per heavy atom. The van der Waals surface area contributed by atoms with Crippen molar-refractivity contribution in [1.29, 1.82) is 0 Å². The maximum atomic E-state index is 5.97. The highest BCUT2D eigenvalue weighted by Gasteiger charge is 2.32. The van der Waals surface area contributed by atoms with Gasteiger partial charge in [0.05, 0.1) is 5.69 Å². The average Bonchev–Trinajstić information content (AvgIpc) is 2.86. The van der Waals surface area contributed by atoms with Gasteiger partial charge >= 0.3 is 0 Å².